The molecule has 4 nitrogen and oxygen atoms in total. The van der Waals surface area contributed by atoms with Crippen LogP contribution in [0, 0.1) is 0 Å². The lowest BCUT2D eigenvalue weighted by atomic mass is 10.2. The molecule has 0 aliphatic carbocycles. The van der Waals surface area contributed by atoms with Gasteiger partial charge in [0.15, 0.2) is 0 Å². The van der Waals surface area contributed by atoms with Gasteiger partial charge in [-0.2, -0.15) is 0 Å². The summed E-state index contributed by atoms with van der Waals surface area (Å²) < 4.78 is 5.20. The second-order valence-corrected chi connectivity index (χ2v) is 4.08. The van der Waals surface area contributed by atoms with Crippen molar-refractivity contribution in [2.24, 2.45) is 0 Å². The number of nitrogens with zero attached hydrogens (tertiary/aromatic N) is 1. The number of rotatable bonds is 4. The molecule has 1 aromatic heterocycles. The van der Waals surface area contributed by atoms with Crippen LogP contribution in [-0.2, 0) is 13.1 Å². The molecule has 0 spiro atoms. The number of urea groups is 1. The largest absolute Gasteiger partial charge is 0.467 e. The first-order valence-electron chi connectivity index (χ1n) is 5.81. The summed E-state index contributed by atoms with van der Waals surface area (Å²) in [6, 6.07) is 13.4. The van der Waals surface area contributed by atoms with Crippen molar-refractivity contribution in [1.29, 1.82) is 0 Å². The van der Waals surface area contributed by atoms with Gasteiger partial charge >= 0.3 is 6.03 Å². The maximum atomic E-state index is 11.8. The van der Waals surface area contributed by atoms with E-state index in [4.69, 9.17) is 4.42 Å². The summed E-state index contributed by atoms with van der Waals surface area (Å²) in [4.78, 5) is 13.4. The molecule has 2 rings (SSSR count). The SMILES string of the molecule is CN(Cc1ccco1)C(=O)NCc1ccccc1. The molecule has 0 atom stereocenters. The molecule has 0 fully saturated rings. The highest BCUT2D eigenvalue weighted by molar-refractivity contribution is 5.73. The van der Waals surface area contributed by atoms with Crippen molar-refractivity contribution in [3.63, 3.8) is 0 Å². The van der Waals surface area contributed by atoms with Crippen molar-refractivity contribution in [2.45, 2.75) is 13.1 Å². The van der Waals surface area contributed by atoms with Crippen LogP contribution in [0.5, 0.6) is 0 Å². The molecule has 0 saturated carbocycles. The molecular formula is C14H16N2O2. The van der Waals surface area contributed by atoms with Gasteiger partial charge < -0.3 is 14.6 Å². The summed E-state index contributed by atoms with van der Waals surface area (Å²) >= 11 is 0. The van der Waals surface area contributed by atoms with Gasteiger partial charge in [-0.15, -0.1) is 0 Å². The molecule has 1 heterocycles. The van der Waals surface area contributed by atoms with E-state index in [1.165, 1.54) is 0 Å². The van der Waals surface area contributed by atoms with Crippen molar-refractivity contribution in [2.75, 3.05) is 7.05 Å². The standard InChI is InChI=1S/C14H16N2O2/c1-16(11-13-8-5-9-18-13)14(17)15-10-12-6-3-2-4-7-12/h2-9H,10-11H2,1H3,(H,15,17). The van der Waals surface area contributed by atoms with Crippen LogP contribution in [0.4, 0.5) is 4.79 Å². The predicted octanol–water partition coefficient (Wildman–Crippen LogP) is 2.62. The van der Waals surface area contributed by atoms with E-state index in [1.807, 2.05) is 42.5 Å². The van der Waals surface area contributed by atoms with E-state index < -0.39 is 0 Å². The van der Waals surface area contributed by atoms with Gasteiger partial charge in [0.1, 0.15) is 5.76 Å². The topological polar surface area (TPSA) is 45.5 Å². The fourth-order valence-corrected chi connectivity index (χ4v) is 1.62. The minimum Gasteiger partial charge on any atom is -0.467 e. The van der Waals surface area contributed by atoms with Gasteiger partial charge in [0, 0.05) is 13.6 Å². The van der Waals surface area contributed by atoms with Crippen LogP contribution in [0.15, 0.2) is 53.1 Å². The lowest BCUT2D eigenvalue weighted by Gasteiger charge is -2.16. The smallest absolute Gasteiger partial charge is 0.317 e. The number of benzene rings is 1. The molecule has 0 aliphatic rings. The summed E-state index contributed by atoms with van der Waals surface area (Å²) in [6.07, 6.45) is 1.60. The zero-order chi connectivity index (χ0) is 12.8. The molecule has 0 bridgehead atoms. The highest BCUT2D eigenvalue weighted by Crippen LogP contribution is 2.04. The first-order chi connectivity index (χ1) is 8.75. The maximum Gasteiger partial charge on any atom is 0.317 e. The van der Waals surface area contributed by atoms with Crippen LogP contribution in [-0.4, -0.2) is 18.0 Å². The Morgan fingerprint density at radius 1 is 1.22 bits per heavy atom. The van der Waals surface area contributed by atoms with E-state index in [0.29, 0.717) is 13.1 Å². The number of amides is 2. The lowest BCUT2D eigenvalue weighted by Crippen LogP contribution is -2.36. The Bertz CT molecular complexity index is 480. The predicted molar refractivity (Wildman–Crippen MR) is 68.9 cm³/mol. The summed E-state index contributed by atoms with van der Waals surface area (Å²) in [5.74, 6) is 0.771. The average Bonchev–Trinajstić information content (AvgIpc) is 2.90. The van der Waals surface area contributed by atoms with Gasteiger partial charge in [-0.1, -0.05) is 30.3 Å². The van der Waals surface area contributed by atoms with Crippen LogP contribution in [0.25, 0.3) is 0 Å². The van der Waals surface area contributed by atoms with Crippen LogP contribution in [0.1, 0.15) is 11.3 Å². The molecule has 94 valence electrons. The normalized spacial score (nSPS) is 10.1. The van der Waals surface area contributed by atoms with E-state index in [1.54, 1.807) is 18.2 Å². The third-order valence-corrected chi connectivity index (χ3v) is 2.61. The summed E-state index contributed by atoms with van der Waals surface area (Å²) in [5.41, 5.74) is 1.08. The summed E-state index contributed by atoms with van der Waals surface area (Å²) in [6.45, 7) is 0.996. The second-order valence-electron chi connectivity index (χ2n) is 4.08. The van der Waals surface area contributed by atoms with Crippen LogP contribution < -0.4 is 5.32 Å². The minimum atomic E-state index is -0.116. The Labute approximate surface area is 106 Å². The van der Waals surface area contributed by atoms with Gasteiger partial charge in [-0.25, -0.2) is 4.79 Å². The monoisotopic (exact) mass is 244 g/mol. The van der Waals surface area contributed by atoms with Gasteiger partial charge in [-0.05, 0) is 17.7 Å². The van der Waals surface area contributed by atoms with Gasteiger partial charge in [0.25, 0.3) is 0 Å². The second kappa shape index (κ2) is 5.91. The fraction of sp³-hybridized carbons (Fsp3) is 0.214. The zero-order valence-corrected chi connectivity index (χ0v) is 10.3. The Balaban J connectivity index is 1.81. The van der Waals surface area contributed by atoms with Crippen LogP contribution in [0.3, 0.4) is 0 Å². The molecule has 2 amide bonds. The van der Waals surface area contributed by atoms with Crippen LogP contribution >= 0.6 is 0 Å². The zero-order valence-electron chi connectivity index (χ0n) is 10.3. The third kappa shape index (κ3) is 3.38. The Hall–Kier alpha value is -2.23. The van der Waals surface area contributed by atoms with Gasteiger partial charge in [0.2, 0.25) is 0 Å². The van der Waals surface area contributed by atoms with E-state index in [9.17, 15) is 4.79 Å². The molecule has 4 heteroatoms. The van der Waals surface area contributed by atoms with Crippen molar-refractivity contribution < 1.29 is 9.21 Å². The fourth-order valence-electron chi connectivity index (χ4n) is 1.62. The third-order valence-electron chi connectivity index (χ3n) is 2.61. The molecule has 0 unspecified atom stereocenters. The summed E-state index contributed by atoms with van der Waals surface area (Å²) in [7, 11) is 1.74. The number of hydrogen-bond donors (Lipinski definition) is 1. The van der Waals surface area contributed by atoms with Gasteiger partial charge in [-0.3, -0.25) is 0 Å². The van der Waals surface area contributed by atoms with E-state index in [-0.39, 0.29) is 6.03 Å². The maximum absolute atomic E-state index is 11.8. The first kappa shape index (κ1) is 12.2. The van der Waals surface area contributed by atoms with E-state index >= 15 is 0 Å². The molecular weight excluding hydrogens is 228 g/mol. The van der Waals surface area contributed by atoms with Crippen LogP contribution in [0.2, 0.25) is 0 Å². The molecule has 0 aliphatic heterocycles. The quantitative estimate of drug-likeness (QED) is 0.898. The number of hydrogen-bond acceptors (Lipinski definition) is 2. The Morgan fingerprint density at radius 3 is 2.67 bits per heavy atom. The van der Waals surface area contributed by atoms with E-state index in [0.717, 1.165) is 11.3 Å². The van der Waals surface area contributed by atoms with Crippen molar-refractivity contribution in [1.82, 2.24) is 10.2 Å². The highest BCUT2D eigenvalue weighted by atomic mass is 16.3. The average molecular weight is 244 g/mol. The molecule has 0 saturated heterocycles. The molecule has 18 heavy (non-hydrogen) atoms. The van der Waals surface area contributed by atoms with E-state index in [2.05, 4.69) is 5.32 Å². The highest BCUT2D eigenvalue weighted by Gasteiger charge is 2.09. The first-order valence-corrected chi connectivity index (χ1v) is 5.81. The van der Waals surface area contributed by atoms with Crippen molar-refractivity contribution in [3.8, 4) is 0 Å². The lowest BCUT2D eigenvalue weighted by molar-refractivity contribution is 0.202. The molecule has 1 N–H and O–H groups in total. The Kier molecular flexibility index (Phi) is 4.02. The number of nitrogens with one attached hydrogen (secondary N) is 1. The minimum absolute atomic E-state index is 0.116. The number of furan rings is 1. The van der Waals surface area contributed by atoms with Crippen molar-refractivity contribution in [3.05, 3.63) is 60.1 Å². The Morgan fingerprint density at radius 2 is 2.00 bits per heavy atom. The molecule has 2 aromatic rings. The molecule has 1 aromatic carbocycles. The van der Waals surface area contributed by atoms with Crippen molar-refractivity contribution >= 4 is 6.03 Å². The molecule has 0 radical (unpaired) electrons. The summed E-state index contributed by atoms with van der Waals surface area (Å²) in [5, 5.41) is 2.86. The number of carbonyl (C=O) groups is 1. The van der Waals surface area contributed by atoms with Gasteiger partial charge in [0.05, 0.1) is 12.8 Å². The number of carbonyl (C=O) groups excluding carboxylic acids is 1.